The van der Waals surface area contributed by atoms with Gasteiger partial charge in [-0.2, -0.15) is 0 Å². The summed E-state index contributed by atoms with van der Waals surface area (Å²) >= 11 is 0. The molecule has 1 saturated heterocycles. The molecule has 0 bridgehead atoms. The van der Waals surface area contributed by atoms with E-state index >= 15 is 0 Å². The Hall–Kier alpha value is -1.55. The molecule has 0 unspecified atom stereocenters. The SMILES string of the molecule is Cc1nc2c(OCC3CNC3)cccc2o1. The molecule has 0 amide bonds. The lowest BCUT2D eigenvalue weighted by atomic mass is 10.1. The van der Waals surface area contributed by atoms with Crippen molar-refractivity contribution in [3.8, 4) is 5.75 Å². The smallest absolute Gasteiger partial charge is 0.192 e. The lowest BCUT2D eigenvalue weighted by Gasteiger charge is -2.26. The molecule has 0 saturated carbocycles. The second kappa shape index (κ2) is 3.79. The Bertz CT molecular complexity index is 503. The highest BCUT2D eigenvalue weighted by atomic mass is 16.5. The molecule has 3 rings (SSSR count). The van der Waals surface area contributed by atoms with Gasteiger partial charge >= 0.3 is 0 Å². The highest BCUT2D eigenvalue weighted by Gasteiger charge is 2.18. The summed E-state index contributed by atoms with van der Waals surface area (Å²) in [5.41, 5.74) is 1.62. The van der Waals surface area contributed by atoms with Crippen LogP contribution in [0.15, 0.2) is 22.6 Å². The number of rotatable bonds is 3. The number of aryl methyl sites for hydroxylation is 1. The molecular formula is C12H14N2O2. The molecule has 2 aromatic rings. The van der Waals surface area contributed by atoms with Gasteiger partial charge in [0.25, 0.3) is 0 Å². The van der Waals surface area contributed by atoms with Gasteiger partial charge in [0.15, 0.2) is 17.0 Å². The Morgan fingerprint density at radius 3 is 3.12 bits per heavy atom. The molecule has 4 nitrogen and oxygen atoms in total. The number of ether oxygens (including phenoxy) is 1. The van der Waals surface area contributed by atoms with Gasteiger partial charge in [0, 0.05) is 25.9 Å². The van der Waals surface area contributed by atoms with Crippen molar-refractivity contribution in [3.05, 3.63) is 24.1 Å². The maximum Gasteiger partial charge on any atom is 0.192 e. The lowest BCUT2D eigenvalue weighted by Crippen LogP contribution is -2.45. The van der Waals surface area contributed by atoms with Gasteiger partial charge in [-0.3, -0.25) is 0 Å². The van der Waals surface area contributed by atoms with Crippen LogP contribution in [0.1, 0.15) is 5.89 Å². The maximum absolute atomic E-state index is 5.77. The van der Waals surface area contributed by atoms with Crippen molar-refractivity contribution in [2.45, 2.75) is 6.92 Å². The molecule has 1 N–H and O–H groups in total. The first-order chi connectivity index (χ1) is 7.83. The van der Waals surface area contributed by atoms with E-state index in [0.717, 1.165) is 36.5 Å². The Balaban J connectivity index is 1.84. The molecule has 1 aliphatic rings. The Morgan fingerprint density at radius 1 is 1.50 bits per heavy atom. The monoisotopic (exact) mass is 218 g/mol. The summed E-state index contributed by atoms with van der Waals surface area (Å²) in [6.45, 7) is 4.69. The quantitative estimate of drug-likeness (QED) is 0.852. The number of hydrogen-bond donors (Lipinski definition) is 1. The van der Waals surface area contributed by atoms with Crippen LogP contribution in [0.4, 0.5) is 0 Å². The largest absolute Gasteiger partial charge is 0.491 e. The minimum Gasteiger partial charge on any atom is -0.491 e. The molecule has 0 radical (unpaired) electrons. The summed E-state index contributed by atoms with van der Waals surface area (Å²) in [6, 6.07) is 5.78. The first-order valence-corrected chi connectivity index (χ1v) is 5.52. The number of hydrogen-bond acceptors (Lipinski definition) is 4. The van der Waals surface area contributed by atoms with Crippen LogP contribution in [0.3, 0.4) is 0 Å². The number of fused-ring (bicyclic) bond motifs is 1. The van der Waals surface area contributed by atoms with Crippen LogP contribution in [0, 0.1) is 12.8 Å². The topological polar surface area (TPSA) is 47.3 Å². The van der Waals surface area contributed by atoms with Crippen molar-refractivity contribution in [3.63, 3.8) is 0 Å². The molecule has 1 fully saturated rings. The predicted molar refractivity (Wildman–Crippen MR) is 60.6 cm³/mol. The zero-order chi connectivity index (χ0) is 11.0. The van der Waals surface area contributed by atoms with Crippen LogP contribution in [-0.4, -0.2) is 24.7 Å². The van der Waals surface area contributed by atoms with E-state index in [0.29, 0.717) is 11.8 Å². The molecule has 0 spiro atoms. The van der Waals surface area contributed by atoms with Gasteiger partial charge in [0.2, 0.25) is 0 Å². The summed E-state index contributed by atoms with van der Waals surface area (Å²) in [7, 11) is 0. The molecular weight excluding hydrogens is 204 g/mol. The second-order valence-corrected chi connectivity index (χ2v) is 4.17. The van der Waals surface area contributed by atoms with Gasteiger partial charge in [0.05, 0.1) is 6.61 Å². The number of benzene rings is 1. The van der Waals surface area contributed by atoms with Crippen LogP contribution in [-0.2, 0) is 0 Å². The van der Waals surface area contributed by atoms with Gasteiger partial charge in [-0.15, -0.1) is 0 Å². The standard InChI is InChI=1S/C12H14N2O2/c1-8-14-12-10(3-2-4-11(12)16-8)15-7-9-5-13-6-9/h2-4,9,13H,5-7H2,1H3. The van der Waals surface area contributed by atoms with Crippen LogP contribution >= 0.6 is 0 Å². The van der Waals surface area contributed by atoms with Gasteiger partial charge in [-0.05, 0) is 12.1 Å². The summed E-state index contributed by atoms with van der Waals surface area (Å²) in [5.74, 6) is 2.13. The molecule has 4 heteroatoms. The highest BCUT2D eigenvalue weighted by Crippen LogP contribution is 2.26. The third kappa shape index (κ3) is 1.65. The first-order valence-electron chi connectivity index (χ1n) is 5.52. The normalized spacial score (nSPS) is 16.3. The fraction of sp³-hybridized carbons (Fsp3) is 0.417. The van der Waals surface area contributed by atoms with Gasteiger partial charge < -0.3 is 14.5 Å². The van der Waals surface area contributed by atoms with Crippen LogP contribution in [0.25, 0.3) is 11.1 Å². The lowest BCUT2D eigenvalue weighted by molar-refractivity contribution is 0.200. The Morgan fingerprint density at radius 2 is 2.38 bits per heavy atom. The minimum absolute atomic E-state index is 0.628. The molecule has 1 aromatic carbocycles. The second-order valence-electron chi connectivity index (χ2n) is 4.17. The van der Waals surface area contributed by atoms with E-state index in [1.807, 2.05) is 25.1 Å². The summed E-state index contributed by atoms with van der Waals surface area (Å²) in [6.07, 6.45) is 0. The van der Waals surface area contributed by atoms with Crippen molar-refractivity contribution in [1.29, 1.82) is 0 Å². The van der Waals surface area contributed by atoms with E-state index in [1.54, 1.807) is 0 Å². The average molecular weight is 218 g/mol. The van der Waals surface area contributed by atoms with E-state index in [-0.39, 0.29) is 0 Å². The third-order valence-electron chi connectivity index (χ3n) is 2.83. The van der Waals surface area contributed by atoms with E-state index in [1.165, 1.54) is 0 Å². The number of aromatic nitrogens is 1. The number of nitrogens with zero attached hydrogens (tertiary/aromatic N) is 1. The Labute approximate surface area is 93.6 Å². The van der Waals surface area contributed by atoms with Crippen molar-refractivity contribution >= 4 is 11.1 Å². The highest BCUT2D eigenvalue weighted by molar-refractivity contribution is 5.79. The van der Waals surface area contributed by atoms with E-state index in [9.17, 15) is 0 Å². The average Bonchev–Trinajstić information content (AvgIpc) is 2.56. The van der Waals surface area contributed by atoms with E-state index in [4.69, 9.17) is 9.15 Å². The third-order valence-corrected chi connectivity index (χ3v) is 2.83. The molecule has 84 valence electrons. The summed E-state index contributed by atoms with van der Waals surface area (Å²) in [4.78, 5) is 4.33. The summed E-state index contributed by atoms with van der Waals surface area (Å²) in [5, 5.41) is 3.22. The molecule has 0 aliphatic carbocycles. The number of para-hydroxylation sites is 1. The van der Waals surface area contributed by atoms with E-state index in [2.05, 4.69) is 10.3 Å². The van der Waals surface area contributed by atoms with Gasteiger partial charge in [-0.25, -0.2) is 4.98 Å². The first kappa shape index (κ1) is 9.66. The molecule has 0 atom stereocenters. The maximum atomic E-state index is 5.77. The molecule has 16 heavy (non-hydrogen) atoms. The fourth-order valence-electron chi connectivity index (χ4n) is 1.82. The molecule has 1 aromatic heterocycles. The van der Waals surface area contributed by atoms with Crippen LogP contribution in [0.5, 0.6) is 5.75 Å². The molecule has 2 heterocycles. The fourth-order valence-corrected chi connectivity index (χ4v) is 1.82. The van der Waals surface area contributed by atoms with Crippen molar-refractivity contribution < 1.29 is 9.15 Å². The van der Waals surface area contributed by atoms with E-state index < -0.39 is 0 Å². The van der Waals surface area contributed by atoms with Crippen molar-refractivity contribution in [2.24, 2.45) is 5.92 Å². The minimum atomic E-state index is 0.628. The van der Waals surface area contributed by atoms with Gasteiger partial charge in [-0.1, -0.05) is 6.07 Å². The Kier molecular flexibility index (Phi) is 2.29. The zero-order valence-corrected chi connectivity index (χ0v) is 9.19. The van der Waals surface area contributed by atoms with Crippen molar-refractivity contribution in [1.82, 2.24) is 10.3 Å². The zero-order valence-electron chi connectivity index (χ0n) is 9.19. The van der Waals surface area contributed by atoms with Crippen LogP contribution < -0.4 is 10.1 Å². The van der Waals surface area contributed by atoms with Gasteiger partial charge in [0.1, 0.15) is 5.75 Å². The number of nitrogens with one attached hydrogen (secondary N) is 1. The summed E-state index contributed by atoms with van der Waals surface area (Å²) < 4.78 is 11.2. The molecule has 1 aliphatic heterocycles. The van der Waals surface area contributed by atoms with Crippen molar-refractivity contribution in [2.75, 3.05) is 19.7 Å². The predicted octanol–water partition coefficient (Wildman–Crippen LogP) is 1.73. The van der Waals surface area contributed by atoms with Crippen LogP contribution in [0.2, 0.25) is 0 Å². The number of oxazole rings is 1.